The Morgan fingerprint density at radius 2 is 1.76 bits per heavy atom. The number of nitrogens with two attached hydrogens (primary N) is 1. The molecule has 0 saturated heterocycles. The van der Waals surface area contributed by atoms with Gasteiger partial charge in [-0.2, -0.15) is 0 Å². The summed E-state index contributed by atoms with van der Waals surface area (Å²) in [4.78, 5) is 8.62. The second-order valence-corrected chi connectivity index (χ2v) is 5.23. The summed E-state index contributed by atoms with van der Waals surface area (Å²) in [5, 5.41) is 6.30. The first-order valence-corrected chi connectivity index (χ1v) is 7.17. The van der Waals surface area contributed by atoms with Crippen molar-refractivity contribution in [1.82, 2.24) is 15.3 Å². The molecular formula is C16H23N5. The summed E-state index contributed by atoms with van der Waals surface area (Å²) in [6, 6.07) is 10.3. The van der Waals surface area contributed by atoms with E-state index in [1.54, 1.807) is 0 Å². The van der Waals surface area contributed by atoms with Crippen LogP contribution in [0.15, 0.2) is 30.3 Å². The number of aromatic nitrogens is 2. The standard InChI is InChI=1S/C16H23N5/c1-11-6-4-5-7-14(11)8-9-18-15(17)21-16-19-12(2)10-13(3)20-16/h4-7,10,15,18H,8-9,17H2,1-3H3,(H,19,20,21). The summed E-state index contributed by atoms with van der Waals surface area (Å²) in [6.45, 7) is 6.80. The minimum Gasteiger partial charge on any atom is -0.326 e. The third-order valence-electron chi connectivity index (χ3n) is 3.29. The molecule has 5 heteroatoms. The number of aryl methyl sites for hydroxylation is 3. The van der Waals surface area contributed by atoms with Gasteiger partial charge >= 0.3 is 0 Å². The molecule has 0 aliphatic carbocycles. The highest BCUT2D eigenvalue weighted by Crippen LogP contribution is 2.07. The van der Waals surface area contributed by atoms with Crippen molar-refractivity contribution in [1.29, 1.82) is 0 Å². The zero-order valence-corrected chi connectivity index (χ0v) is 12.9. The van der Waals surface area contributed by atoms with Gasteiger partial charge in [0.2, 0.25) is 5.95 Å². The van der Waals surface area contributed by atoms with Gasteiger partial charge in [0.15, 0.2) is 0 Å². The molecule has 0 aliphatic rings. The SMILES string of the molecule is Cc1cc(C)nc(NC(N)NCCc2ccccc2C)n1. The maximum absolute atomic E-state index is 6.01. The van der Waals surface area contributed by atoms with E-state index in [-0.39, 0.29) is 6.29 Å². The van der Waals surface area contributed by atoms with Crippen LogP contribution in [0.3, 0.4) is 0 Å². The topological polar surface area (TPSA) is 75.9 Å². The second-order valence-electron chi connectivity index (χ2n) is 5.23. The molecule has 0 spiro atoms. The summed E-state index contributed by atoms with van der Waals surface area (Å²) >= 11 is 0. The number of hydrogen-bond acceptors (Lipinski definition) is 5. The monoisotopic (exact) mass is 285 g/mol. The van der Waals surface area contributed by atoms with Gasteiger partial charge in [-0.15, -0.1) is 0 Å². The van der Waals surface area contributed by atoms with Crippen LogP contribution in [0, 0.1) is 20.8 Å². The van der Waals surface area contributed by atoms with Crippen molar-refractivity contribution >= 4 is 5.95 Å². The first-order valence-electron chi connectivity index (χ1n) is 7.17. The highest BCUT2D eigenvalue weighted by atomic mass is 15.3. The van der Waals surface area contributed by atoms with Crippen molar-refractivity contribution in [3.63, 3.8) is 0 Å². The third kappa shape index (κ3) is 4.81. The summed E-state index contributed by atoms with van der Waals surface area (Å²) in [7, 11) is 0. The lowest BCUT2D eigenvalue weighted by atomic mass is 10.1. The van der Waals surface area contributed by atoms with Gasteiger partial charge in [-0.3, -0.25) is 11.1 Å². The Morgan fingerprint density at radius 1 is 1.10 bits per heavy atom. The smallest absolute Gasteiger partial charge is 0.225 e. The molecule has 0 saturated carbocycles. The van der Waals surface area contributed by atoms with E-state index in [0.29, 0.717) is 5.95 Å². The predicted molar refractivity (Wildman–Crippen MR) is 86.0 cm³/mol. The van der Waals surface area contributed by atoms with Gasteiger partial charge in [0.25, 0.3) is 0 Å². The normalized spacial score (nSPS) is 12.2. The van der Waals surface area contributed by atoms with Crippen LogP contribution < -0.4 is 16.4 Å². The summed E-state index contributed by atoms with van der Waals surface area (Å²) in [5.41, 5.74) is 10.5. The quantitative estimate of drug-likeness (QED) is 0.707. The fraction of sp³-hybridized carbons (Fsp3) is 0.375. The zero-order chi connectivity index (χ0) is 15.2. The van der Waals surface area contributed by atoms with Gasteiger partial charge in [-0.05, 0) is 44.4 Å². The van der Waals surface area contributed by atoms with Crippen LogP contribution in [0.4, 0.5) is 5.95 Å². The molecular weight excluding hydrogens is 262 g/mol. The van der Waals surface area contributed by atoms with Gasteiger partial charge in [0, 0.05) is 17.9 Å². The number of benzene rings is 1. The van der Waals surface area contributed by atoms with Crippen molar-refractivity contribution in [2.75, 3.05) is 11.9 Å². The van der Waals surface area contributed by atoms with Crippen molar-refractivity contribution in [3.05, 3.63) is 52.8 Å². The third-order valence-corrected chi connectivity index (χ3v) is 3.29. The molecule has 2 rings (SSSR count). The zero-order valence-electron chi connectivity index (χ0n) is 12.9. The number of nitrogens with zero attached hydrogens (tertiary/aromatic N) is 2. The first-order chi connectivity index (χ1) is 10.0. The Morgan fingerprint density at radius 3 is 2.43 bits per heavy atom. The van der Waals surface area contributed by atoms with E-state index in [9.17, 15) is 0 Å². The summed E-state index contributed by atoms with van der Waals surface area (Å²) in [5.74, 6) is 0.559. The Balaban J connectivity index is 1.82. The molecule has 4 N–H and O–H groups in total. The van der Waals surface area contributed by atoms with Crippen LogP contribution in [-0.4, -0.2) is 22.8 Å². The Bertz CT molecular complexity index is 577. The van der Waals surface area contributed by atoms with E-state index in [4.69, 9.17) is 5.73 Å². The molecule has 0 radical (unpaired) electrons. The van der Waals surface area contributed by atoms with Crippen LogP contribution in [0.2, 0.25) is 0 Å². The maximum Gasteiger partial charge on any atom is 0.225 e. The average Bonchev–Trinajstić information content (AvgIpc) is 2.39. The molecule has 1 aromatic heterocycles. The molecule has 0 fully saturated rings. The Labute approximate surface area is 126 Å². The molecule has 0 bridgehead atoms. The Kier molecular flexibility index (Phi) is 5.25. The van der Waals surface area contributed by atoms with Gasteiger partial charge in [0.05, 0.1) is 0 Å². The van der Waals surface area contributed by atoms with Crippen LogP contribution in [-0.2, 0) is 6.42 Å². The van der Waals surface area contributed by atoms with Crippen LogP contribution in [0.1, 0.15) is 22.5 Å². The molecule has 2 aromatic rings. The number of anilines is 1. The van der Waals surface area contributed by atoms with Gasteiger partial charge in [-0.1, -0.05) is 24.3 Å². The predicted octanol–water partition coefficient (Wildman–Crippen LogP) is 1.89. The summed E-state index contributed by atoms with van der Waals surface area (Å²) < 4.78 is 0. The lowest BCUT2D eigenvalue weighted by Gasteiger charge is -2.16. The Hall–Kier alpha value is -1.98. The number of hydrogen-bond donors (Lipinski definition) is 3. The van der Waals surface area contributed by atoms with E-state index in [2.05, 4.69) is 51.8 Å². The molecule has 1 aromatic carbocycles. The fourth-order valence-corrected chi connectivity index (χ4v) is 2.23. The van der Waals surface area contributed by atoms with Crippen molar-refractivity contribution in [2.45, 2.75) is 33.5 Å². The number of nitrogens with one attached hydrogen (secondary N) is 2. The van der Waals surface area contributed by atoms with E-state index >= 15 is 0 Å². The average molecular weight is 285 g/mol. The van der Waals surface area contributed by atoms with Crippen molar-refractivity contribution in [2.24, 2.45) is 5.73 Å². The minimum atomic E-state index is -0.366. The lowest BCUT2D eigenvalue weighted by Crippen LogP contribution is -2.45. The van der Waals surface area contributed by atoms with Crippen LogP contribution in [0.5, 0.6) is 0 Å². The first kappa shape index (κ1) is 15.4. The number of rotatable bonds is 6. The van der Waals surface area contributed by atoms with E-state index in [1.165, 1.54) is 11.1 Å². The van der Waals surface area contributed by atoms with Crippen LogP contribution in [0.25, 0.3) is 0 Å². The maximum atomic E-state index is 6.01. The molecule has 112 valence electrons. The van der Waals surface area contributed by atoms with Crippen molar-refractivity contribution in [3.8, 4) is 0 Å². The molecule has 1 unspecified atom stereocenters. The molecule has 0 aliphatic heterocycles. The van der Waals surface area contributed by atoms with Gasteiger partial charge in [-0.25, -0.2) is 9.97 Å². The van der Waals surface area contributed by atoms with Gasteiger partial charge in [0.1, 0.15) is 6.29 Å². The lowest BCUT2D eigenvalue weighted by molar-refractivity contribution is 0.575. The molecule has 0 amide bonds. The molecule has 1 atom stereocenters. The summed E-state index contributed by atoms with van der Waals surface area (Å²) in [6.07, 6.45) is 0.575. The largest absolute Gasteiger partial charge is 0.326 e. The van der Waals surface area contributed by atoms with Crippen LogP contribution >= 0.6 is 0 Å². The molecule has 5 nitrogen and oxygen atoms in total. The van der Waals surface area contributed by atoms with E-state index < -0.39 is 0 Å². The van der Waals surface area contributed by atoms with E-state index in [1.807, 2.05) is 19.9 Å². The second kappa shape index (κ2) is 7.15. The van der Waals surface area contributed by atoms with Gasteiger partial charge < -0.3 is 5.32 Å². The van der Waals surface area contributed by atoms with E-state index in [0.717, 1.165) is 24.4 Å². The fourth-order valence-electron chi connectivity index (χ4n) is 2.23. The molecule has 1 heterocycles. The highest BCUT2D eigenvalue weighted by Gasteiger charge is 2.05. The minimum absolute atomic E-state index is 0.366. The highest BCUT2D eigenvalue weighted by molar-refractivity contribution is 5.28. The van der Waals surface area contributed by atoms with Crippen molar-refractivity contribution < 1.29 is 0 Å². The molecule has 21 heavy (non-hydrogen) atoms.